The standard InChI is InChI=1S/C11H22N2O3/c1-3-8(2)4-9(5-11(15)16)7-13-10(14)6-12/h8-9H,3-7,12H2,1-2H3,(H,13,14)(H,15,16). The van der Waals surface area contributed by atoms with Crippen molar-refractivity contribution in [3.05, 3.63) is 0 Å². The van der Waals surface area contributed by atoms with Crippen LogP contribution in [0.2, 0.25) is 0 Å². The van der Waals surface area contributed by atoms with Crippen molar-refractivity contribution >= 4 is 11.9 Å². The summed E-state index contributed by atoms with van der Waals surface area (Å²) in [6, 6.07) is 0. The van der Waals surface area contributed by atoms with Crippen LogP contribution in [0.4, 0.5) is 0 Å². The van der Waals surface area contributed by atoms with Crippen LogP contribution in [-0.2, 0) is 9.59 Å². The van der Waals surface area contributed by atoms with Gasteiger partial charge in [0.15, 0.2) is 0 Å². The van der Waals surface area contributed by atoms with Gasteiger partial charge in [-0.25, -0.2) is 0 Å². The van der Waals surface area contributed by atoms with E-state index in [-0.39, 0.29) is 24.8 Å². The average molecular weight is 230 g/mol. The molecule has 0 spiro atoms. The SMILES string of the molecule is CCC(C)CC(CNC(=O)CN)CC(=O)O. The molecule has 0 aromatic carbocycles. The molecular weight excluding hydrogens is 208 g/mol. The summed E-state index contributed by atoms with van der Waals surface area (Å²) in [4.78, 5) is 21.6. The minimum absolute atomic E-state index is 0.0112. The Morgan fingerprint density at radius 2 is 2.06 bits per heavy atom. The Hall–Kier alpha value is -1.10. The molecule has 1 amide bonds. The maximum absolute atomic E-state index is 11.0. The molecule has 0 aromatic heterocycles. The topological polar surface area (TPSA) is 92.4 Å². The van der Waals surface area contributed by atoms with E-state index in [4.69, 9.17) is 10.8 Å². The molecule has 0 heterocycles. The van der Waals surface area contributed by atoms with Crippen molar-refractivity contribution in [1.29, 1.82) is 0 Å². The Kier molecular flexibility index (Phi) is 7.54. The normalized spacial score (nSPS) is 14.2. The van der Waals surface area contributed by atoms with E-state index in [0.717, 1.165) is 12.8 Å². The van der Waals surface area contributed by atoms with Gasteiger partial charge in [0.25, 0.3) is 0 Å². The van der Waals surface area contributed by atoms with Crippen LogP contribution < -0.4 is 11.1 Å². The zero-order chi connectivity index (χ0) is 12.6. The summed E-state index contributed by atoms with van der Waals surface area (Å²) < 4.78 is 0. The second-order valence-electron chi connectivity index (χ2n) is 4.22. The number of nitrogens with one attached hydrogen (secondary N) is 1. The lowest BCUT2D eigenvalue weighted by Crippen LogP contribution is -2.35. The number of aliphatic carboxylic acids is 1. The predicted octanol–water partition coefficient (Wildman–Crippen LogP) is 0.588. The number of carbonyl (C=O) groups is 2. The summed E-state index contributed by atoms with van der Waals surface area (Å²) in [6.07, 6.45) is 1.92. The summed E-state index contributed by atoms with van der Waals surface area (Å²) in [5.74, 6) is -0.600. The largest absolute Gasteiger partial charge is 0.481 e. The molecule has 4 N–H and O–H groups in total. The first-order valence-corrected chi connectivity index (χ1v) is 5.68. The van der Waals surface area contributed by atoms with E-state index in [1.165, 1.54) is 0 Å². The molecule has 0 bridgehead atoms. The highest BCUT2D eigenvalue weighted by molar-refractivity contribution is 5.77. The average Bonchev–Trinajstić information content (AvgIpc) is 2.24. The Morgan fingerprint density at radius 1 is 1.44 bits per heavy atom. The molecule has 0 aliphatic rings. The van der Waals surface area contributed by atoms with Gasteiger partial charge in [-0.2, -0.15) is 0 Å². The van der Waals surface area contributed by atoms with Crippen molar-refractivity contribution in [2.75, 3.05) is 13.1 Å². The third-order valence-corrected chi connectivity index (χ3v) is 2.67. The van der Waals surface area contributed by atoms with Gasteiger partial charge in [-0.1, -0.05) is 20.3 Å². The lowest BCUT2D eigenvalue weighted by molar-refractivity contribution is -0.138. The van der Waals surface area contributed by atoms with Crippen LogP contribution in [0.25, 0.3) is 0 Å². The van der Waals surface area contributed by atoms with Gasteiger partial charge in [0.2, 0.25) is 5.91 Å². The van der Waals surface area contributed by atoms with Gasteiger partial charge < -0.3 is 16.2 Å². The van der Waals surface area contributed by atoms with Gasteiger partial charge in [0.1, 0.15) is 0 Å². The van der Waals surface area contributed by atoms with Gasteiger partial charge in [-0.05, 0) is 18.3 Å². The number of hydrogen-bond acceptors (Lipinski definition) is 3. The van der Waals surface area contributed by atoms with Gasteiger partial charge >= 0.3 is 5.97 Å². The Labute approximate surface area is 96.4 Å². The van der Waals surface area contributed by atoms with E-state index in [2.05, 4.69) is 19.2 Å². The number of carboxylic acid groups (broad SMARTS) is 1. The molecule has 0 aliphatic heterocycles. The van der Waals surface area contributed by atoms with Crippen LogP contribution >= 0.6 is 0 Å². The van der Waals surface area contributed by atoms with E-state index in [1.54, 1.807) is 0 Å². The molecule has 16 heavy (non-hydrogen) atoms. The molecule has 94 valence electrons. The van der Waals surface area contributed by atoms with Crippen molar-refractivity contribution < 1.29 is 14.7 Å². The highest BCUT2D eigenvalue weighted by Crippen LogP contribution is 2.17. The fraction of sp³-hybridized carbons (Fsp3) is 0.818. The summed E-state index contributed by atoms with van der Waals surface area (Å²) in [5.41, 5.74) is 5.16. The van der Waals surface area contributed by atoms with Crippen LogP contribution in [0.15, 0.2) is 0 Å². The predicted molar refractivity (Wildman–Crippen MR) is 61.9 cm³/mol. The van der Waals surface area contributed by atoms with Crippen LogP contribution in [0, 0.1) is 11.8 Å². The molecule has 0 aromatic rings. The van der Waals surface area contributed by atoms with E-state index >= 15 is 0 Å². The summed E-state index contributed by atoms with van der Waals surface area (Å²) >= 11 is 0. The molecule has 2 atom stereocenters. The monoisotopic (exact) mass is 230 g/mol. The Balaban J connectivity index is 4.09. The number of hydrogen-bond donors (Lipinski definition) is 3. The van der Waals surface area contributed by atoms with Crippen molar-refractivity contribution in [2.24, 2.45) is 17.6 Å². The minimum Gasteiger partial charge on any atom is -0.481 e. The summed E-state index contributed by atoms with van der Waals surface area (Å²) in [7, 11) is 0. The second kappa shape index (κ2) is 8.10. The zero-order valence-corrected chi connectivity index (χ0v) is 10.0. The molecule has 5 heteroatoms. The maximum Gasteiger partial charge on any atom is 0.303 e. The van der Waals surface area contributed by atoms with Gasteiger partial charge in [0.05, 0.1) is 6.54 Å². The van der Waals surface area contributed by atoms with Crippen LogP contribution in [0.3, 0.4) is 0 Å². The van der Waals surface area contributed by atoms with E-state index in [0.29, 0.717) is 12.5 Å². The molecule has 0 fully saturated rings. The van der Waals surface area contributed by atoms with E-state index in [9.17, 15) is 9.59 Å². The number of carboxylic acids is 1. The second-order valence-corrected chi connectivity index (χ2v) is 4.22. The first kappa shape index (κ1) is 14.9. The molecule has 5 nitrogen and oxygen atoms in total. The number of carbonyl (C=O) groups excluding carboxylic acids is 1. The minimum atomic E-state index is -0.824. The third kappa shape index (κ3) is 7.23. The highest BCUT2D eigenvalue weighted by Gasteiger charge is 2.16. The molecule has 2 unspecified atom stereocenters. The number of amides is 1. The van der Waals surface area contributed by atoms with Crippen molar-refractivity contribution in [3.63, 3.8) is 0 Å². The van der Waals surface area contributed by atoms with Crippen molar-refractivity contribution in [1.82, 2.24) is 5.32 Å². The molecule has 0 saturated heterocycles. The first-order chi connectivity index (χ1) is 7.49. The molecule has 0 rings (SSSR count). The zero-order valence-electron chi connectivity index (χ0n) is 10.0. The van der Waals surface area contributed by atoms with Crippen molar-refractivity contribution in [3.8, 4) is 0 Å². The molecule has 0 saturated carbocycles. The van der Waals surface area contributed by atoms with Gasteiger partial charge in [0, 0.05) is 13.0 Å². The molecule has 0 aliphatic carbocycles. The fourth-order valence-electron chi connectivity index (χ4n) is 1.55. The van der Waals surface area contributed by atoms with Crippen LogP contribution in [0.1, 0.15) is 33.1 Å². The smallest absolute Gasteiger partial charge is 0.303 e. The first-order valence-electron chi connectivity index (χ1n) is 5.68. The van der Waals surface area contributed by atoms with Gasteiger partial charge in [-0.15, -0.1) is 0 Å². The Bertz CT molecular complexity index is 231. The van der Waals surface area contributed by atoms with Crippen LogP contribution in [0.5, 0.6) is 0 Å². The summed E-state index contributed by atoms with van der Waals surface area (Å²) in [5, 5.41) is 11.4. The number of rotatable bonds is 8. The maximum atomic E-state index is 11.0. The summed E-state index contributed by atoms with van der Waals surface area (Å²) in [6.45, 7) is 4.50. The Morgan fingerprint density at radius 3 is 2.50 bits per heavy atom. The quantitative estimate of drug-likeness (QED) is 0.569. The highest BCUT2D eigenvalue weighted by atomic mass is 16.4. The van der Waals surface area contributed by atoms with Gasteiger partial charge in [-0.3, -0.25) is 9.59 Å². The number of nitrogens with two attached hydrogens (primary N) is 1. The molecule has 0 radical (unpaired) electrons. The fourth-order valence-corrected chi connectivity index (χ4v) is 1.55. The van der Waals surface area contributed by atoms with Crippen molar-refractivity contribution in [2.45, 2.75) is 33.1 Å². The lowest BCUT2D eigenvalue weighted by atomic mass is 9.91. The van der Waals surface area contributed by atoms with E-state index in [1.807, 2.05) is 0 Å². The lowest BCUT2D eigenvalue weighted by Gasteiger charge is -2.18. The molecular formula is C11H22N2O3. The van der Waals surface area contributed by atoms with E-state index < -0.39 is 5.97 Å². The van der Waals surface area contributed by atoms with Crippen LogP contribution in [-0.4, -0.2) is 30.1 Å². The third-order valence-electron chi connectivity index (χ3n) is 2.67.